The van der Waals surface area contributed by atoms with E-state index in [1.54, 1.807) is 0 Å². The van der Waals surface area contributed by atoms with Crippen LogP contribution in [0.15, 0.2) is 78.9 Å². The molecule has 5 aromatic rings. The fraction of sp³-hybridized carbons (Fsp3) is 0.179. The second-order valence-electron chi connectivity index (χ2n) is 8.29. The summed E-state index contributed by atoms with van der Waals surface area (Å²) in [4.78, 5) is 12.2. The summed E-state index contributed by atoms with van der Waals surface area (Å²) in [6.07, 6.45) is 3.40. The first kappa shape index (κ1) is 19.4. The normalized spacial score (nSPS) is 11.5. The summed E-state index contributed by atoms with van der Waals surface area (Å²) < 4.78 is 2.33. The van der Waals surface area contributed by atoms with E-state index in [9.17, 15) is 4.79 Å². The molecule has 3 nitrogen and oxygen atoms in total. The van der Waals surface area contributed by atoms with E-state index in [-0.39, 0.29) is 5.91 Å². The van der Waals surface area contributed by atoms with E-state index in [2.05, 4.69) is 78.2 Å². The number of rotatable bonds is 6. The van der Waals surface area contributed by atoms with Crippen LogP contribution in [0.2, 0.25) is 0 Å². The molecule has 1 amide bonds. The van der Waals surface area contributed by atoms with Crippen molar-refractivity contribution in [3.8, 4) is 0 Å². The van der Waals surface area contributed by atoms with Gasteiger partial charge in [0.25, 0.3) is 0 Å². The highest BCUT2D eigenvalue weighted by molar-refractivity contribution is 6.18. The summed E-state index contributed by atoms with van der Waals surface area (Å²) >= 11 is 0. The number of amides is 1. The van der Waals surface area contributed by atoms with Gasteiger partial charge in [-0.3, -0.25) is 4.79 Å². The number of primary amides is 1. The number of hydrogen-bond donors (Lipinski definition) is 1. The highest BCUT2D eigenvalue weighted by Crippen LogP contribution is 2.33. The number of unbranched alkanes of at least 4 members (excludes halogenated alkanes) is 1. The SMILES string of the molecule is CCCCc1ccc2c3c(C(N)=O)cccc3n(Cc3ccc4ccccc4c3)c2c1. The fourth-order valence-electron chi connectivity index (χ4n) is 4.62. The standard InChI is InChI=1S/C28H26N2O/c1-2-3-7-19-13-15-23-26(17-19)30(25-11-6-10-24(27(23)25)28(29)31)18-20-12-14-21-8-4-5-9-22(21)16-20/h4-6,8-17H,2-3,7,18H2,1H3,(H2,29,31). The third-order valence-electron chi connectivity index (χ3n) is 6.19. The number of aromatic nitrogens is 1. The van der Waals surface area contributed by atoms with Crippen LogP contribution in [0.25, 0.3) is 32.6 Å². The Morgan fingerprint density at radius 3 is 2.45 bits per heavy atom. The number of aryl methyl sites for hydroxylation is 1. The van der Waals surface area contributed by atoms with Crippen LogP contribution in [0.4, 0.5) is 0 Å². The molecule has 0 saturated heterocycles. The number of fused-ring (bicyclic) bond motifs is 4. The molecular weight excluding hydrogens is 380 g/mol. The van der Waals surface area contributed by atoms with Gasteiger partial charge in [-0.25, -0.2) is 0 Å². The van der Waals surface area contributed by atoms with Crippen molar-refractivity contribution in [1.82, 2.24) is 4.57 Å². The van der Waals surface area contributed by atoms with E-state index in [0.717, 1.165) is 34.8 Å². The lowest BCUT2D eigenvalue weighted by molar-refractivity contribution is 0.100. The smallest absolute Gasteiger partial charge is 0.249 e. The van der Waals surface area contributed by atoms with Crippen LogP contribution < -0.4 is 5.73 Å². The maximum atomic E-state index is 12.2. The van der Waals surface area contributed by atoms with Gasteiger partial charge >= 0.3 is 0 Å². The Balaban J connectivity index is 1.73. The Hall–Kier alpha value is -3.59. The zero-order valence-electron chi connectivity index (χ0n) is 17.8. The molecule has 0 fully saturated rings. The zero-order chi connectivity index (χ0) is 21.4. The van der Waals surface area contributed by atoms with Crippen LogP contribution in [0, 0.1) is 0 Å². The largest absolute Gasteiger partial charge is 0.366 e. The number of carbonyl (C=O) groups excluding carboxylic acids is 1. The molecule has 0 radical (unpaired) electrons. The molecule has 0 bridgehead atoms. The predicted octanol–water partition coefficient (Wildman–Crippen LogP) is 6.44. The summed E-state index contributed by atoms with van der Waals surface area (Å²) in [6, 6.07) is 27.5. The molecule has 2 N–H and O–H groups in total. The maximum absolute atomic E-state index is 12.2. The van der Waals surface area contributed by atoms with Crippen LogP contribution in [0.3, 0.4) is 0 Å². The van der Waals surface area contributed by atoms with Gasteiger partial charge in [0, 0.05) is 28.4 Å². The summed E-state index contributed by atoms with van der Waals surface area (Å²) in [5, 5.41) is 4.52. The van der Waals surface area contributed by atoms with Gasteiger partial charge in [-0.15, -0.1) is 0 Å². The number of carbonyl (C=O) groups is 1. The van der Waals surface area contributed by atoms with Gasteiger partial charge in [0.2, 0.25) is 5.91 Å². The lowest BCUT2D eigenvalue weighted by Crippen LogP contribution is -2.11. The van der Waals surface area contributed by atoms with Gasteiger partial charge in [-0.05, 0) is 59.0 Å². The predicted molar refractivity (Wildman–Crippen MR) is 130 cm³/mol. The van der Waals surface area contributed by atoms with E-state index < -0.39 is 0 Å². The highest BCUT2D eigenvalue weighted by atomic mass is 16.1. The van der Waals surface area contributed by atoms with Crippen molar-refractivity contribution in [1.29, 1.82) is 0 Å². The highest BCUT2D eigenvalue weighted by Gasteiger charge is 2.17. The Bertz CT molecular complexity index is 1430. The van der Waals surface area contributed by atoms with Crippen LogP contribution in [0.1, 0.15) is 41.3 Å². The first-order chi connectivity index (χ1) is 15.2. The minimum atomic E-state index is -0.384. The molecular formula is C28H26N2O. The minimum Gasteiger partial charge on any atom is -0.366 e. The summed E-state index contributed by atoms with van der Waals surface area (Å²) in [5.41, 5.74) is 11.1. The molecule has 0 atom stereocenters. The molecule has 154 valence electrons. The van der Waals surface area contributed by atoms with Crippen molar-refractivity contribution in [2.45, 2.75) is 32.7 Å². The van der Waals surface area contributed by atoms with Gasteiger partial charge < -0.3 is 10.3 Å². The average Bonchev–Trinajstić information content (AvgIpc) is 3.10. The van der Waals surface area contributed by atoms with Crippen molar-refractivity contribution in [2.75, 3.05) is 0 Å². The summed E-state index contributed by atoms with van der Waals surface area (Å²) in [5.74, 6) is -0.384. The molecule has 0 saturated carbocycles. The molecule has 1 aromatic heterocycles. The third kappa shape index (κ3) is 3.46. The number of nitrogens with two attached hydrogens (primary N) is 1. The first-order valence-electron chi connectivity index (χ1n) is 11.0. The Kier molecular flexibility index (Phi) is 4.95. The fourth-order valence-corrected chi connectivity index (χ4v) is 4.62. The zero-order valence-corrected chi connectivity index (χ0v) is 17.8. The second kappa shape index (κ2) is 7.92. The van der Waals surface area contributed by atoms with Crippen molar-refractivity contribution < 1.29 is 4.79 Å². The van der Waals surface area contributed by atoms with E-state index in [0.29, 0.717) is 5.56 Å². The lowest BCUT2D eigenvalue weighted by atomic mass is 10.0. The van der Waals surface area contributed by atoms with E-state index in [1.165, 1.54) is 34.7 Å². The van der Waals surface area contributed by atoms with E-state index >= 15 is 0 Å². The molecule has 31 heavy (non-hydrogen) atoms. The molecule has 0 aliphatic rings. The quantitative estimate of drug-likeness (QED) is 0.347. The molecule has 4 aromatic carbocycles. The molecule has 3 heteroatoms. The Morgan fingerprint density at radius 1 is 0.839 bits per heavy atom. The Labute approximate surface area is 182 Å². The maximum Gasteiger partial charge on any atom is 0.249 e. The number of hydrogen-bond acceptors (Lipinski definition) is 1. The topological polar surface area (TPSA) is 48.0 Å². The van der Waals surface area contributed by atoms with Crippen LogP contribution in [-0.2, 0) is 13.0 Å². The van der Waals surface area contributed by atoms with Crippen LogP contribution >= 0.6 is 0 Å². The van der Waals surface area contributed by atoms with E-state index in [4.69, 9.17) is 5.73 Å². The molecule has 0 aliphatic heterocycles. The second-order valence-corrected chi connectivity index (χ2v) is 8.29. The summed E-state index contributed by atoms with van der Waals surface area (Å²) in [7, 11) is 0. The molecule has 0 unspecified atom stereocenters. The monoisotopic (exact) mass is 406 g/mol. The van der Waals surface area contributed by atoms with Crippen molar-refractivity contribution >= 4 is 38.5 Å². The van der Waals surface area contributed by atoms with Crippen molar-refractivity contribution in [2.24, 2.45) is 5.73 Å². The molecule has 0 aliphatic carbocycles. The summed E-state index contributed by atoms with van der Waals surface area (Å²) in [6.45, 7) is 2.96. The van der Waals surface area contributed by atoms with Gasteiger partial charge in [0.05, 0.1) is 5.52 Å². The average molecular weight is 407 g/mol. The van der Waals surface area contributed by atoms with Gasteiger partial charge in [0.1, 0.15) is 0 Å². The number of nitrogens with zero attached hydrogens (tertiary/aromatic N) is 1. The Morgan fingerprint density at radius 2 is 1.65 bits per heavy atom. The van der Waals surface area contributed by atoms with Crippen molar-refractivity contribution in [3.63, 3.8) is 0 Å². The van der Waals surface area contributed by atoms with Gasteiger partial charge in [-0.2, -0.15) is 0 Å². The lowest BCUT2D eigenvalue weighted by Gasteiger charge is -2.10. The number of benzene rings is 4. The minimum absolute atomic E-state index is 0.384. The van der Waals surface area contributed by atoms with Gasteiger partial charge in [0.15, 0.2) is 0 Å². The molecule has 1 heterocycles. The third-order valence-corrected chi connectivity index (χ3v) is 6.19. The van der Waals surface area contributed by atoms with Gasteiger partial charge in [-0.1, -0.05) is 67.9 Å². The van der Waals surface area contributed by atoms with E-state index in [1.807, 2.05) is 12.1 Å². The molecule has 0 spiro atoms. The van der Waals surface area contributed by atoms with Crippen molar-refractivity contribution in [3.05, 3.63) is 95.6 Å². The molecule has 5 rings (SSSR count). The van der Waals surface area contributed by atoms with Crippen LogP contribution in [0.5, 0.6) is 0 Å². The first-order valence-corrected chi connectivity index (χ1v) is 11.0. The van der Waals surface area contributed by atoms with Crippen LogP contribution in [-0.4, -0.2) is 10.5 Å².